The second kappa shape index (κ2) is 7.73. The summed E-state index contributed by atoms with van der Waals surface area (Å²) in [6.45, 7) is 4.11. The Morgan fingerprint density at radius 3 is 2.71 bits per heavy atom. The minimum absolute atomic E-state index is 0.0647. The highest BCUT2D eigenvalue weighted by Gasteiger charge is 2.07. The Morgan fingerprint density at radius 1 is 1.57 bits per heavy atom. The van der Waals surface area contributed by atoms with Gasteiger partial charge in [0.1, 0.15) is 0 Å². The zero-order valence-corrected chi connectivity index (χ0v) is 8.77. The van der Waals surface area contributed by atoms with Crippen LogP contribution in [0.5, 0.6) is 0 Å². The van der Waals surface area contributed by atoms with Crippen LogP contribution < -0.4 is 0 Å². The molecule has 0 aliphatic carbocycles. The van der Waals surface area contributed by atoms with Crippen molar-refractivity contribution in [3.8, 4) is 0 Å². The van der Waals surface area contributed by atoms with Gasteiger partial charge in [0.05, 0.1) is 13.0 Å². The van der Waals surface area contributed by atoms with Gasteiger partial charge in [0, 0.05) is 13.0 Å². The monoisotopic (exact) mass is 205 g/mol. The number of aliphatic carboxylic acids is 1. The van der Waals surface area contributed by atoms with Gasteiger partial charge >= 0.3 is 5.97 Å². The molecule has 0 aromatic heterocycles. The van der Waals surface area contributed by atoms with E-state index < -0.39 is 12.3 Å². The number of carboxylic acids is 1. The number of carboxylic acid groups (broad SMARTS) is 1. The first-order valence-corrected chi connectivity index (χ1v) is 4.76. The Kier molecular flexibility index (Phi) is 7.37. The van der Waals surface area contributed by atoms with Crippen LogP contribution in [0.1, 0.15) is 19.8 Å². The summed E-state index contributed by atoms with van der Waals surface area (Å²) in [5.41, 5.74) is 0. The number of aliphatic hydroxyl groups excluding tert-OH is 1. The molecule has 0 heterocycles. The third kappa shape index (κ3) is 7.97. The molecule has 0 rings (SSSR count). The van der Waals surface area contributed by atoms with Gasteiger partial charge in [-0.25, -0.2) is 0 Å². The molecule has 0 saturated heterocycles. The predicted octanol–water partition coefficient (Wildman–Crippen LogP) is 0.138. The van der Waals surface area contributed by atoms with Gasteiger partial charge in [-0.05, 0) is 13.6 Å². The summed E-state index contributed by atoms with van der Waals surface area (Å²) < 4.78 is 5.02. The average molecular weight is 205 g/mol. The van der Waals surface area contributed by atoms with E-state index in [1.54, 1.807) is 0 Å². The normalized spacial score (nSPS) is 13.1. The maximum absolute atomic E-state index is 10.2. The summed E-state index contributed by atoms with van der Waals surface area (Å²) in [7, 11) is 1.95. The molecule has 0 aromatic rings. The first-order chi connectivity index (χ1) is 6.56. The van der Waals surface area contributed by atoms with E-state index in [2.05, 4.69) is 0 Å². The summed E-state index contributed by atoms with van der Waals surface area (Å²) >= 11 is 0. The quantitative estimate of drug-likeness (QED) is 0.551. The van der Waals surface area contributed by atoms with E-state index in [9.17, 15) is 9.90 Å². The van der Waals surface area contributed by atoms with Gasteiger partial charge in [0.25, 0.3) is 0 Å². The number of nitrogens with zero attached hydrogens (tertiary/aromatic N) is 1. The van der Waals surface area contributed by atoms with Crippen molar-refractivity contribution in [1.82, 2.24) is 4.90 Å². The van der Waals surface area contributed by atoms with E-state index in [4.69, 9.17) is 9.84 Å². The zero-order valence-electron chi connectivity index (χ0n) is 8.77. The number of ether oxygens (including phenoxy) is 1. The lowest BCUT2D eigenvalue weighted by Gasteiger charge is -2.15. The minimum Gasteiger partial charge on any atom is -0.481 e. The first-order valence-electron chi connectivity index (χ1n) is 4.76. The molecule has 14 heavy (non-hydrogen) atoms. The van der Waals surface area contributed by atoms with Crippen molar-refractivity contribution in [1.29, 1.82) is 0 Å². The van der Waals surface area contributed by atoms with Crippen molar-refractivity contribution in [2.24, 2.45) is 0 Å². The molecule has 0 aliphatic rings. The molecule has 1 atom stereocenters. The molecule has 0 aromatic carbocycles. The lowest BCUT2D eigenvalue weighted by Crippen LogP contribution is -2.25. The Morgan fingerprint density at radius 2 is 2.21 bits per heavy atom. The van der Waals surface area contributed by atoms with E-state index >= 15 is 0 Å². The van der Waals surface area contributed by atoms with E-state index in [1.165, 1.54) is 0 Å². The molecule has 2 N–H and O–H groups in total. The van der Waals surface area contributed by atoms with Crippen molar-refractivity contribution in [3.05, 3.63) is 0 Å². The Hall–Kier alpha value is -0.650. The van der Waals surface area contributed by atoms with Crippen LogP contribution in [0.15, 0.2) is 0 Å². The largest absolute Gasteiger partial charge is 0.481 e. The summed E-state index contributed by atoms with van der Waals surface area (Å²) in [6.07, 6.45) is -0.882. The Bertz CT molecular complexity index is 163. The van der Waals surface area contributed by atoms with Gasteiger partial charge < -0.3 is 19.8 Å². The second-order valence-electron chi connectivity index (χ2n) is 3.15. The highest BCUT2D eigenvalue weighted by Crippen LogP contribution is 1.98. The maximum Gasteiger partial charge on any atom is 0.303 e. The molecular weight excluding hydrogens is 186 g/mol. The van der Waals surface area contributed by atoms with E-state index in [0.29, 0.717) is 6.61 Å². The van der Waals surface area contributed by atoms with Crippen molar-refractivity contribution in [2.75, 3.05) is 26.7 Å². The number of hydrogen-bond acceptors (Lipinski definition) is 4. The maximum atomic E-state index is 10.2. The van der Waals surface area contributed by atoms with Gasteiger partial charge in [0.15, 0.2) is 6.29 Å². The van der Waals surface area contributed by atoms with Crippen LogP contribution in [0, 0.1) is 0 Å². The molecule has 0 spiro atoms. The molecule has 0 fully saturated rings. The van der Waals surface area contributed by atoms with Crippen molar-refractivity contribution >= 4 is 5.97 Å². The third-order valence-electron chi connectivity index (χ3n) is 1.93. The summed E-state index contributed by atoms with van der Waals surface area (Å²) in [6, 6.07) is 0. The minimum atomic E-state index is -0.962. The Labute approximate surface area is 84.3 Å². The predicted molar refractivity (Wildman–Crippen MR) is 52.0 cm³/mol. The molecule has 0 amide bonds. The van der Waals surface area contributed by atoms with Crippen LogP contribution in [-0.4, -0.2) is 54.1 Å². The van der Waals surface area contributed by atoms with Crippen LogP contribution in [0.3, 0.4) is 0 Å². The molecule has 84 valence electrons. The standard InChI is InChI=1S/C9H19NO4/c1-3-10(2)6-7-14-9(13)5-4-8(11)12/h9,13H,3-7H2,1-2H3,(H,11,12). The molecule has 0 radical (unpaired) electrons. The molecule has 5 nitrogen and oxygen atoms in total. The van der Waals surface area contributed by atoms with Crippen molar-refractivity contribution in [3.63, 3.8) is 0 Å². The van der Waals surface area contributed by atoms with E-state index in [-0.39, 0.29) is 12.8 Å². The fourth-order valence-electron chi connectivity index (χ4n) is 0.833. The molecular formula is C9H19NO4. The highest BCUT2D eigenvalue weighted by molar-refractivity contribution is 5.66. The SMILES string of the molecule is CCN(C)CCOC(O)CCC(=O)O. The van der Waals surface area contributed by atoms with Crippen LogP contribution in [0.2, 0.25) is 0 Å². The number of hydrogen-bond donors (Lipinski definition) is 2. The van der Waals surface area contributed by atoms with Gasteiger partial charge in [-0.2, -0.15) is 0 Å². The second-order valence-corrected chi connectivity index (χ2v) is 3.15. The lowest BCUT2D eigenvalue weighted by atomic mass is 10.3. The summed E-state index contributed by atoms with van der Waals surface area (Å²) in [5.74, 6) is -0.918. The number of rotatable bonds is 8. The summed E-state index contributed by atoms with van der Waals surface area (Å²) in [4.78, 5) is 12.2. The van der Waals surface area contributed by atoms with Crippen LogP contribution in [-0.2, 0) is 9.53 Å². The van der Waals surface area contributed by atoms with Gasteiger partial charge in [-0.1, -0.05) is 6.92 Å². The zero-order chi connectivity index (χ0) is 11.0. The van der Waals surface area contributed by atoms with Crippen LogP contribution in [0.4, 0.5) is 0 Å². The van der Waals surface area contributed by atoms with Crippen LogP contribution in [0.25, 0.3) is 0 Å². The summed E-state index contributed by atoms with van der Waals surface area (Å²) in [5, 5.41) is 17.5. The Balaban J connectivity index is 3.35. The van der Waals surface area contributed by atoms with E-state index in [1.807, 2.05) is 18.9 Å². The fourth-order valence-corrected chi connectivity index (χ4v) is 0.833. The fraction of sp³-hybridized carbons (Fsp3) is 0.889. The third-order valence-corrected chi connectivity index (χ3v) is 1.93. The molecule has 1 unspecified atom stereocenters. The average Bonchev–Trinajstić information content (AvgIpc) is 2.14. The van der Waals surface area contributed by atoms with Gasteiger partial charge in [-0.15, -0.1) is 0 Å². The lowest BCUT2D eigenvalue weighted by molar-refractivity contribution is -0.142. The van der Waals surface area contributed by atoms with Gasteiger partial charge in [-0.3, -0.25) is 4.79 Å². The number of aliphatic hydroxyl groups is 1. The first kappa shape index (κ1) is 13.4. The van der Waals surface area contributed by atoms with Crippen molar-refractivity contribution < 1.29 is 19.7 Å². The van der Waals surface area contributed by atoms with Crippen molar-refractivity contribution in [2.45, 2.75) is 26.1 Å². The molecule has 0 aliphatic heterocycles. The van der Waals surface area contributed by atoms with Crippen LogP contribution >= 0.6 is 0 Å². The topological polar surface area (TPSA) is 70.0 Å². The number of likely N-dealkylation sites (N-methyl/N-ethyl adjacent to an activating group) is 1. The highest BCUT2D eigenvalue weighted by atomic mass is 16.6. The molecule has 0 bridgehead atoms. The molecule has 0 saturated carbocycles. The molecule has 5 heteroatoms. The number of carbonyl (C=O) groups is 1. The smallest absolute Gasteiger partial charge is 0.303 e. The van der Waals surface area contributed by atoms with E-state index in [0.717, 1.165) is 13.1 Å². The van der Waals surface area contributed by atoms with Gasteiger partial charge in [0.2, 0.25) is 0 Å².